The maximum atomic E-state index is 12.0. The van der Waals surface area contributed by atoms with Crippen LogP contribution in [0.5, 0.6) is 0 Å². The van der Waals surface area contributed by atoms with Crippen LogP contribution in [0.15, 0.2) is 23.8 Å². The van der Waals surface area contributed by atoms with Crippen molar-refractivity contribution in [3.8, 4) is 0 Å². The van der Waals surface area contributed by atoms with E-state index < -0.39 is 0 Å². The second kappa shape index (κ2) is 7.00. The monoisotopic (exact) mass is 312 g/mol. The summed E-state index contributed by atoms with van der Waals surface area (Å²) < 4.78 is 0. The summed E-state index contributed by atoms with van der Waals surface area (Å²) in [6.07, 6.45) is 8.03. The summed E-state index contributed by atoms with van der Waals surface area (Å²) in [6, 6.07) is 3.08. The predicted molar refractivity (Wildman–Crippen MR) is 84.4 cm³/mol. The van der Waals surface area contributed by atoms with E-state index in [4.69, 9.17) is 28.9 Å². The van der Waals surface area contributed by atoms with E-state index in [0.29, 0.717) is 27.8 Å². The van der Waals surface area contributed by atoms with Crippen LogP contribution in [0.4, 0.5) is 5.69 Å². The molecule has 0 saturated carbocycles. The fraction of sp³-hybridized carbons (Fsp3) is 0.400. The van der Waals surface area contributed by atoms with Crippen molar-refractivity contribution in [3.05, 3.63) is 39.4 Å². The number of anilines is 1. The van der Waals surface area contributed by atoms with Crippen LogP contribution in [0, 0.1) is 0 Å². The topological polar surface area (TPSA) is 55.1 Å². The Labute approximate surface area is 129 Å². The summed E-state index contributed by atoms with van der Waals surface area (Å²) in [5.74, 6) is -0.176. The van der Waals surface area contributed by atoms with Gasteiger partial charge >= 0.3 is 0 Å². The highest BCUT2D eigenvalue weighted by Crippen LogP contribution is 2.28. The largest absolute Gasteiger partial charge is 0.396 e. The van der Waals surface area contributed by atoms with Gasteiger partial charge in [0.05, 0.1) is 15.7 Å². The fourth-order valence-electron chi connectivity index (χ4n) is 2.29. The van der Waals surface area contributed by atoms with Gasteiger partial charge in [-0.3, -0.25) is 4.79 Å². The molecule has 0 heterocycles. The molecule has 3 N–H and O–H groups in total. The zero-order valence-corrected chi connectivity index (χ0v) is 12.7. The lowest BCUT2D eigenvalue weighted by Crippen LogP contribution is -2.25. The van der Waals surface area contributed by atoms with Crippen molar-refractivity contribution in [1.29, 1.82) is 0 Å². The van der Waals surface area contributed by atoms with Crippen LogP contribution in [0.25, 0.3) is 0 Å². The molecule has 20 heavy (non-hydrogen) atoms. The summed E-state index contributed by atoms with van der Waals surface area (Å²) in [5.41, 5.74) is 7.82. The number of benzene rings is 1. The lowest BCUT2D eigenvalue weighted by molar-refractivity contribution is 0.0954. The van der Waals surface area contributed by atoms with Crippen LogP contribution < -0.4 is 11.1 Å². The third kappa shape index (κ3) is 3.90. The van der Waals surface area contributed by atoms with Crippen molar-refractivity contribution in [2.24, 2.45) is 0 Å². The number of hydrogen-bond donors (Lipinski definition) is 2. The van der Waals surface area contributed by atoms with Crippen LogP contribution in [0.1, 0.15) is 42.5 Å². The van der Waals surface area contributed by atoms with Crippen LogP contribution in [0.3, 0.4) is 0 Å². The van der Waals surface area contributed by atoms with Gasteiger partial charge in [0.15, 0.2) is 0 Å². The number of amides is 1. The second-order valence-corrected chi connectivity index (χ2v) is 5.78. The Morgan fingerprint density at radius 2 is 1.95 bits per heavy atom. The first-order valence-corrected chi connectivity index (χ1v) is 7.54. The Balaban J connectivity index is 1.90. The number of halogens is 2. The summed E-state index contributed by atoms with van der Waals surface area (Å²) in [4.78, 5) is 12.0. The number of rotatable bonds is 4. The number of nitrogens with two attached hydrogens (primary N) is 1. The zero-order valence-electron chi connectivity index (χ0n) is 11.2. The van der Waals surface area contributed by atoms with Crippen molar-refractivity contribution in [1.82, 2.24) is 5.32 Å². The van der Waals surface area contributed by atoms with Crippen molar-refractivity contribution >= 4 is 34.8 Å². The minimum Gasteiger partial charge on any atom is -0.396 e. The first kappa shape index (κ1) is 15.2. The molecule has 0 aliphatic heterocycles. The van der Waals surface area contributed by atoms with E-state index in [-0.39, 0.29) is 5.91 Å². The number of nitrogens with one attached hydrogen (secondary N) is 1. The van der Waals surface area contributed by atoms with E-state index in [9.17, 15) is 4.79 Å². The highest BCUT2D eigenvalue weighted by Gasteiger charge is 2.11. The van der Waals surface area contributed by atoms with E-state index in [1.165, 1.54) is 30.5 Å². The van der Waals surface area contributed by atoms with Crippen molar-refractivity contribution in [2.45, 2.75) is 32.1 Å². The van der Waals surface area contributed by atoms with E-state index in [1.807, 2.05) is 0 Å². The first-order chi connectivity index (χ1) is 9.58. The van der Waals surface area contributed by atoms with Crippen LogP contribution in [-0.4, -0.2) is 12.5 Å². The molecule has 0 spiro atoms. The summed E-state index contributed by atoms with van der Waals surface area (Å²) in [7, 11) is 0. The lowest BCUT2D eigenvalue weighted by atomic mass is 9.97. The Hall–Kier alpha value is -1.19. The maximum absolute atomic E-state index is 12.0. The highest BCUT2D eigenvalue weighted by atomic mass is 35.5. The van der Waals surface area contributed by atoms with E-state index >= 15 is 0 Å². The van der Waals surface area contributed by atoms with Gasteiger partial charge < -0.3 is 11.1 Å². The van der Waals surface area contributed by atoms with E-state index in [1.54, 1.807) is 0 Å². The molecule has 3 nitrogen and oxygen atoms in total. The molecule has 5 heteroatoms. The predicted octanol–water partition coefficient (Wildman–Crippen LogP) is 4.20. The van der Waals surface area contributed by atoms with Crippen LogP contribution >= 0.6 is 23.2 Å². The smallest absolute Gasteiger partial charge is 0.251 e. The van der Waals surface area contributed by atoms with Crippen molar-refractivity contribution in [2.75, 3.05) is 12.3 Å². The highest BCUT2D eigenvalue weighted by molar-refractivity contribution is 6.39. The van der Waals surface area contributed by atoms with Gasteiger partial charge in [-0.1, -0.05) is 34.9 Å². The van der Waals surface area contributed by atoms with Gasteiger partial charge in [-0.05, 0) is 44.2 Å². The molecule has 1 aliphatic carbocycles. The quantitative estimate of drug-likeness (QED) is 0.646. The normalized spacial score (nSPS) is 14.8. The average molecular weight is 313 g/mol. The fourth-order valence-corrected chi connectivity index (χ4v) is 2.77. The van der Waals surface area contributed by atoms with E-state index in [2.05, 4.69) is 11.4 Å². The van der Waals surface area contributed by atoms with Gasteiger partial charge in [0.1, 0.15) is 0 Å². The van der Waals surface area contributed by atoms with Gasteiger partial charge in [-0.15, -0.1) is 0 Å². The van der Waals surface area contributed by atoms with E-state index in [0.717, 1.165) is 19.3 Å². The molecular weight excluding hydrogens is 295 g/mol. The molecule has 1 amide bonds. The van der Waals surface area contributed by atoms with Gasteiger partial charge in [0, 0.05) is 12.1 Å². The maximum Gasteiger partial charge on any atom is 0.251 e. The number of allylic oxidation sites excluding steroid dienone is 1. The molecule has 1 aromatic rings. The number of carbonyl (C=O) groups is 1. The number of nitrogen functional groups attached to an aromatic ring is 1. The van der Waals surface area contributed by atoms with Crippen molar-refractivity contribution < 1.29 is 4.79 Å². The third-order valence-corrected chi connectivity index (χ3v) is 4.08. The summed E-state index contributed by atoms with van der Waals surface area (Å²) in [6.45, 7) is 0.629. The molecule has 0 saturated heterocycles. The Morgan fingerprint density at radius 1 is 1.25 bits per heavy atom. The molecule has 0 radical (unpaired) electrons. The van der Waals surface area contributed by atoms with Gasteiger partial charge in [-0.25, -0.2) is 0 Å². The Morgan fingerprint density at radius 3 is 2.55 bits per heavy atom. The van der Waals surface area contributed by atoms with Crippen LogP contribution in [-0.2, 0) is 0 Å². The molecule has 0 aromatic heterocycles. The minimum atomic E-state index is -0.176. The zero-order chi connectivity index (χ0) is 14.5. The molecule has 0 fully saturated rings. The summed E-state index contributed by atoms with van der Waals surface area (Å²) >= 11 is 11.8. The van der Waals surface area contributed by atoms with Gasteiger partial charge in [0.25, 0.3) is 5.91 Å². The standard InChI is InChI=1S/C15H18Cl2N2O/c16-12-8-11(9-13(17)14(12)18)15(20)19-7-6-10-4-2-1-3-5-10/h4,8-9H,1-3,5-7,18H2,(H,19,20). The first-order valence-electron chi connectivity index (χ1n) is 6.78. The SMILES string of the molecule is Nc1c(Cl)cc(C(=O)NCCC2=CCCCC2)cc1Cl. The second-order valence-electron chi connectivity index (χ2n) is 4.97. The minimum absolute atomic E-state index is 0.176. The molecule has 0 atom stereocenters. The lowest BCUT2D eigenvalue weighted by Gasteiger charge is -2.13. The van der Waals surface area contributed by atoms with Gasteiger partial charge in [-0.2, -0.15) is 0 Å². The Kier molecular flexibility index (Phi) is 5.32. The average Bonchev–Trinajstić information content (AvgIpc) is 2.45. The van der Waals surface area contributed by atoms with Crippen molar-refractivity contribution in [3.63, 3.8) is 0 Å². The Bertz CT molecular complexity index is 518. The van der Waals surface area contributed by atoms with Gasteiger partial charge in [0.2, 0.25) is 0 Å². The molecule has 2 rings (SSSR count). The molecule has 0 bridgehead atoms. The molecule has 0 unspecified atom stereocenters. The molecule has 1 aliphatic rings. The van der Waals surface area contributed by atoms with Crippen LogP contribution in [0.2, 0.25) is 10.0 Å². The molecular formula is C15H18Cl2N2O. The summed E-state index contributed by atoms with van der Waals surface area (Å²) in [5, 5.41) is 3.49. The number of carbonyl (C=O) groups excluding carboxylic acids is 1. The third-order valence-electron chi connectivity index (χ3n) is 3.46. The number of hydrogen-bond acceptors (Lipinski definition) is 2. The molecule has 1 aromatic carbocycles. The molecule has 108 valence electrons.